The molecule has 87 heavy (non-hydrogen) atoms. The molecule has 494 valence electrons. The van der Waals surface area contributed by atoms with Crippen LogP contribution in [0.2, 0.25) is 0 Å². The highest BCUT2D eigenvalue weighted by Crippen LogP contribution is 2.35. The molecule has 2 aromatic heterocycles. The van der Waals surface area contributed by atoms with E-state index in [0.717, 1.165) is 60.2 Å². The number of oxazole rings is 1. The summed E-state index contributed by atoms with van der Waals surface area (Å²) in [5.74, 6) is -1.90. The number of aliphatic hydroxyl groups is 1. The number of anilines is 2. The maximum atomic E-state index is 14.6. The summed E-state index contributed by atoms with van der Waals surface area (Å²) in [7, 11) is 0. The molecule has 0 spiro atoms. The first kappa shape index (κ1) is 76.9. The highest BCUT2D eigenvalue weighted by Gasteiger charge is 2.27. The van der Waals surface area contributed by atoms with Crippen molar-refractivity contribution in [1.29, 1.82) is 0 Å². The van der Waals surface area contributed by atoms with Crippen molar-refractivity contribution in [1.82, 2.24) is 30.8 Å². The number of aliphatic hydroxyl groups excluding tert-OH is 1. The van der Waals surface area contributed by atoms with Crippen molar-refractivity contribution in [3.05, 3.63) is 53.5 Å². The minimum atomic E-state index is -0.808. The van der Waals surface area contributed by atoms with Crippen LogP contribution in [0.1, 0.15) is 98.8 Å². The number of unbranched alkanes of at least 4 members (excludes halogenated alkanes) is 1. The third-order valence-electron chi connectivity index (χ3n) is 12.9. The first-order valence-electron chi connectivity index (χ1n) is 30.8. The van der Waals surface area contributed by atoms with E-state index >= 15 is 0 Å². The highest BCUT2D eigenvalue weighted by atomic mass is 19.1. The molecule has 0 radical (unpaired) electrons. The molecule has 0 saturated carbocycles. The van der Waals surface area contributed by atoms with E-state index in [9.17, 15) is 28.4 Å². The van der Waals surface area contributed by atoms with Gasteiger partial charge in [-0.25, -0.2) is 9.18 Å². The average Bonchev–Trinajstić information content (AvgIpc) is 2.55. The Kier molecular flexibility index (Phi) is 42.2. The van der Waals surface area contributed by atoms with Crippen LogP contribution in [0.15, 0.2) is 40.8 Å². The Balaban J connectivity index is 0.00000126. The van der Waals surface area contributed by atoms with Crippen molar-refractivity contribution in [3.63, 3.8) is 0 Å². The molecule has 2 aromatic carbocycles. The smallest absolute Gasteiger partial charge is 0.312 e. The number of hydrogen-bond donors (Lipinski definition) is 7. The van der Waals surface area contributed by atoms with Crippen LogP contribution in [0, 0.1) is 11.7 Å². The summed E-state index contributed by atoms with van der Waals surface area (Å²) in [5, 5.41) is 20.1. The van der Waals surface area contributed by atoms with Gasteiger partial charge in [-0.15, -0.1) is 0 Å². The topological polar surface area (TPSA) is 317 Å². The number of amides is 6. The minimum absolute atomic E-state index is 0.0375. The second-order valence-corrected chi connectivity index (χ2v) is 19.9. The maximum Gasteiger partial charge on any atom is 0.312 e. The third kappa shape index (κ3) is 32.0. The SMILES string of the molecule is CC.CC(C)C(NC(=O)CCOCCOCCOCCO)C(=O)NCC(=O)NCCOCCOCCOCCOCCn1c2c(c3ccc(F)cc31)CN(c1ccc3oc(N4CCOCC4)nc3c1)CC2.CCC(N)=O.CCCC.CCCNC(N)=O. The fraction of sp³-hybridized carbons (Fsp3) is 0.672. The average molecular weight is 1240 g/mol. The molecule has 0 aliphatic carbocycles. The van der Waals surface area contributed by atoms with Gasteiger partial charge in [-0.1, -0.05) is 68.2 Å². The van der Waals surface area contributed by atoms with Crippen molar-refractivity contribution >= 4 is 63.4 Å². The van der Waals surface area contributed by atoms with Crippen LogP contribution in [0.3, 0.4) is 0 Å². The molecule has 6 amide bonds. The lowest BCUT2D eigenvalue weighted by Crippen LogP contribution is -2.51. The number of benzene rings is 2. The van der Waals surface area contributed by atoms with Gasteiger partial charge in [0.05, 0.1) is 124 Å². The Morgan fingerprint density at radius 2 is 1.28 bits per heavy atom. The van der Waals surface area contributed by atoms with Gasteiger partial charge in [-0.05, 0) is 48.7 Å². The number of carbonyl (C=O) groups is 5. The number of halogens is 1. The second-order valence-electron chi connectivity index (χ2n) is 19.9. The molecule has 1 atom stereocenters. The molecular weight excluding hydrogens is 1130 g/mol. The zero-order valence-electron chi connectivity index (χ0n) is 53.0. The number of morpholine rings is 1. The monoisotopic (exact) mass is 1230 g/mol. The van der Waals surface area contributed by atoms with Crippen molar-refractivity contribution in [2.24, 2.45) is 17.4 Å². The molecule has 4 heterocycles. The lowest BCUT2D eigenvalue weighted by Gasteiger charge is -2.30. The Morgan fingerprint density at radius 3 is 1.83 bits per heavy atom. The summed E-state index contributed by atoms with van der Waals surface area (Å²) >= 11 is 0. The van der Waals surface area contributed by atoms with E-state index < -0.39 is 18.0 Å². The summed E-state index contributed by atoms with van der Waals surface area (Å²) < 4.78 is 66.8. The molecule has 2 aliphatic heterocycles. The zero-order valence-corrected chi connectivity index (χ0v) is 53.0. The number of primary amides is 2. The lowest BCUT2D eigenvalue weighted by molar-refractivity contribution is -0.131. The van der Waals surface area contributed by atoms with Gasteiger partial charge in [-0.3, -0.25) is 19.2 Å². The van der Waals surface area contributed by atoms with Crippen molar-refractivity contribution in [2.75, 3.05) is 161 Å². The van der Waals surface area contributed by atoms with Gasteiger partial charge < -0.3 is 94.5 Å². The maximum absolute atomic E-state index is 14.6. The lowest BCUT2D eigenvalue weighted by atomic mass is 10.0. The molecule has 2 aliphatic rings. The van der Waals surface area contributed by atoms with E-state index in [1.807, 2.05) is 32.9 Å². The van der Waals surface area contributed by atoms with Crippen LogP contribution in [0.4, 0.5) is 20.9 Å². The van der Waals surface area contributed by atoms with Gasteiger partial charge in [0.15, 0.2) is 5.58 Å². The molecule has 6 rings (SSSR count). The largest absolute Gasteiger partial charge is 0.423 e. The summed E-state index contributed by atoms with van der Waals surface area (Å²) in [5.41, 5.74) is 15.3. The quantitative estimate of drug-likeness (QED) is 0.0293. The normalized spacial score (nSPS) is 13.0. The highest BCUT2D eigenvalue weighted by molar-refractivity contribution is 5.91. The number of urea groups is 1. The van der Waals surface area contributed by atoms with E-state index in [1.54, 1.807) is 26.8 Å². The Bertz CT molecular complexity index is 2510. The fourth-order valence-corrected chi connectivity index (χ4v) is 8.21. The molecular formula is C61H103FN10O15. The number of nitrogens with one attached hydrogen (secondary N) is 4. The van der Waals surface area contributed by atoms with Gasteiger partial charge in [0.2, 0.25) is 23.6 Å². The minimum Gasteiger partial charge on any atom is -0.423 e. The molecule has 0 bridgehead atoms. The van der Waals surface area contributed by atoms with E-state index in [1.165, 1.54) is 30.2 Å². The van der Waals surface area contributed by atoms with Gasteiger partial charge in [0.1, 0.15) is 17.4 Å². The van der Waals surface area contributed by atoms with E-state index in [0.29, 0.717) is 118 Å². The van der Waals surface area contributed by atoms with E-state index in [4.69, 9.17) is 58.1 Å². The Labute approximate surface area is 513 Å². The van der Waals surface area contributed by atoms with Gasteiger partial charge in [0, 0.05) is 87.4 Å². The summed E-state index contributed by atoms with van der Waals surface area (Å²) in [6.45, 7) is 26.1. The number of nitrogens with two attached hydrogens (primary N) is 2. The van der Waals surface area contributed by atoms with Crippen LogP contribution in [-0.4, -0.2) is 202 Å². The molecule has 25 nitrogen and oxygen atoms in total. The summed E-state index contributed by atoms with van der Waals surface area (Å²) in [6.07, 6.45) is 4.89. The van der Waals surface area contributed by atoms with Crippen LogP contribution < -0.4 is 42.5 Å². The Hall–Kier alpha value is -6.23. The van der Waals surface area contributed by atoms with Crippen molar-refractivity contribution < 1.29 is 75.8 Å². The van der Waals surface area contributed by atoms with Gasteiger partial charge >= 0.3 is 6.03 Å². The van der Waals surface area contributed by atoms with Gasteiger partial charge in [0.25, 0.3) is 6.01 Å². The fourth-order valence-electron chi connectivity index (χ4n) is 8.21. The van der Waals surface area contributed by atoms with E-state index in [2.05, 4.69) is 67.3 Å². The number of ether oxygens (including phenoxy) is 8. The molecule has 1 saturated heterocycles. The first-order valence-corrected chi connectivity index (χ1v) is 30.8. The standard InChI is InChI=1S/C48H70FN7O13.C4H10N2O.C4H10.C3H7NO.C2H6/c1-35(2)46(53-44(58)8-15-61-21-25-66-28-24-65-20-14-57)47(60)51-33-45(59)50-9-16-62-22-26-67-29-30-68-27-23-64-19-13-56-41-7-10-55(34-39(41)38-5-3-36(49)31-42(38)56)37-4-6-43-40(32-37)52-48(69-43)54-11-17-63-18-12-54;1-2-3-6-4(5)7;1-3-4-2;1-2-3(4)5;1-2/h3-6,31-32,35,46,57H,7-30,33-34H2,1-2H3,(H,50,59)(H,51,60)(H,53,58);2-3H2,1H3,(H3,5,6,7);3-4H2,1-2H3;2H2,1H3,(H2,4,5);1-2H3. The first-order chi connectivity index (χ1) is 42.2. The molecule has 26 heteroatoms. The number of hydrogen-bond acceptors (Lipinski definition) is 18. The van der Waals surface area contributed by atoms with Crippen LogP contribution in [0.5, 0.6) is 0 Å². The molecule has 1 fully saturated rings. The summed E-state index contributed by atoms with van der Waals surface area (Å²) in [6, 6.07) is 10.5. The third-order valence-corrected chi connectivity index (χ3v) is 12.9. The number of rotatable bonds is 37. The number of nitrogens with zero attached hydrogens (tertiary/aromatic N) is 4. The number of aromatic nitrogens is 2. The predicted molar refractivity (Wildman–Crippen MR) is 333 cm³/mol. The molecule has 1 unspecified atom stereocenters. The summed E-state index contributed by atoms with van der Waals surface area (Å²) in [4.78, 5) is 66.1. The zero-order chi connectivity index (χ0) is 64.0. The van der Waals surface area contributed by atoms with Crippen LogP contribution in [0.25, 0.3) is 22.0 Å². The molecule has 9 N–H and O–H groups in total. The predicted octanol–water partition coefficient (Wildman–Crippen LogP) is 4.97. The molecule has 4 aromatic rings. The Morgan fingerprint density at radius 1 is 0.690 bits per heavy atom. The van der Waals surface area contributed by atoms with E-state index in [-0.39, 0.29) is 75.4 Å². The van der Waals surface area contributed by atoms with Crippen LogP contribution >= 0.6 is 0 Å². The van der Waals surface area contributed by atoms with Gasteiger partial charge in [-0.2, -0.15) is 4.98 Å². The second kappa shape index (κ2) is 47.8. The van der Waals surface area contributed by atoms with Crippen molar-refractivity contribution in [2.45, 2.75) is 113 Å². The number of carbonyl (C=O) groups excluding carboxylic acids is 5. The van der Waals surface area contributed by atoms with Crippen molar-refractivity contribution in [3.8, 4) is 0 Å². The van der Waals surface area contributed by atoms with Crippen LogP contribution in [-0.2, 0) is 76.6 Å². The number of fused-ring (bicyclic) bond motifs is 4.